The van der Waals surface area contributed by atoms with E-state index in [0.29, 0.717) is 12.1 Å². The first-order valence-corrected chi connectivity index (χ1v) is 5.50. The second-order valence-corrected chi connectivity index (χ2v) is 4.50. The second kappa shape index (κ2) is 4.08. The Kier molecular flexibility index (Phi) is 2.99. The average Bonchev–Trinajstić information content (AvgIpc) is 2.55. The SMILES string of the molecule is COC(=O)C1CCC2NC(S)NC2C1. The molecule has 1 saturated carbocycles. The highest BCUT2D eigenvalue weighted by molar-refractivity contribution is 7.80. The topological polar surface area (TPSA) is 50.4 Å². The molecule has 0 aromatic rings. The van der Waals surface area contributed by atoms with Gasteiger partial charge in [-0.25, -0.2) is 0 Å². The highest BCUT2D eigenvalue weighted by Crippen LogP contribution is 2.29. The van der Waals surface area contributed by atoms with Gasteiger partial charge < -0.3 is 4.74 Å². The van der Waals surface area contributed by atoms with Gasteiger partial charge in [-0.05, 0) is 19.3 Å². The molecule has 1 aliphatic heterocycles. The van der Waals surface area contributed by atoms with E-state index in [9.17, 15) is 4.79 Å². The fraction of sp³-hybridized carbons (Fsp3) is 0.889. The summed E-state index contributed by atoms with van der Waals surface area (Å²) >= 11 is 4.31. The van der Waals surface area contributed by atoms with Gasteiger partial charge in [-0.1, -0.05) is 0 Å². The number of hydrogen-bond donors (Lipinski definition) is 3. The van der Waals surface area contributed by atoms with E-state index >= 15 is 0 Å². The Labute approximate surface area is 89.2 Å². The third-order valence-electron chi connectivity index (χ3n) is 3.13. The van der Waals surface area contributed by atoms with E-state index in [0.717, 1.165) is 19.3 Å². The molecule has 5 heteroatoms. The number of rotatable bonds is 1. The zero-order valence-electron chi connectivity index (χ0n) is 8.19. The number of carbonyl (C=O) groups is 1. The van der Waals surface area contributed by atoms with E-state index in [-0.39, 0.29) is 17.4 Å². The number of esters is 1. The Morgan fingerprint density at radius 3 is 2.79 bits per heavy atom. The van der Waals surface area contributed by atoms with Crippen LogP contribution in [0.1, 0.15) is 19.3 Å². The van der Waals surface area contributed by atoms with Gasteiger partial charge in [0.25, 0.3) is 0 Å². The third-order valence-corrected chi connectivity index (χ3v) is 3.43. The first-order chi connectivity index (χ1) is 6.70. The number of nitrogens with one attached hydrogen (secondary N) is 2. The smallest absolute Gasteiger partial charge is 0.308 e. The van der Waals surface area contributed by atoms with Crippen molar-refractivity contribution in [2.24, 2.45) is 5.92 Å². The van der Waals surface area contributed by atoms with Crippen LogP contribution in [0.15, 0.2) is 0 Å². The van der Waals surface area contributed by atoms with Gasteiger partial charge in [0.2, 0.25) is 0 Å². The summed E-state index contributed by atoms with van der Waals surface area (Å²) in [6.07, 6.45) is 2.80. The number of thiol groups is 1. The zero-order valence-corrected chi connectivity index (χ0v) is 9.09. The zero-order chi connectivity index (χ0) is 10.1. The van der Waals surface area contributed by atoms with Crippen molar-refractivity contribution in [2.45, 2.75) is 36.8 Å². The van der Waals surface area contributed by atoms with Crippen LogP contribution in [0.25, 0.3) is 0 Å². The largest absolute Gasteiger partial charge is 0.469 e. The standard InChI is InChI=1S/C9H16N2O2S/c1-13-8(12)5-2-3-6-7(4-5)11-9(14)10-6/h5-7,9-11,14H,2-4H2,1H3. The summed E-state index contributed by atoms with van der Waals surface area (Å²) in [5, 5.41) is 6.64. The van der Waals surface area contributed by atoms with E-state index in [1.54, 1.807) is 0 Å². The molecule has 0 aromatic heterocycles. The van der Waals surface area contributed by atoms with Crippen molar-refractivity contribution < 1.29 is 9.53 Å². The molecule has 0 aromatic carbocycles. The highest BCUT2D eigenvalue weighted by Gasteiger charge is 2.39. The Balaban J connectivity index is 1.94. The third kappa shape index (κ3) is 1.89. The van der Waals surface area contributed by atoms with E-state index in [1.807, 2.05) is 0 Å². The summed E-state index contributed by atoms with van der Waals surface area (Å²) in [5.41, 5.74) is 0.0707. The average molecular weight is 216 g/mol. The summed E-state index contributed by atoms with van der Waals surface area (Å²) in [4.78, 5) is 11.3. The molecule has 0 bridgehead atoms. The van der Waals surface area contributed by atoms with E-state index in [2.05, 4.69) is 23.3 Å². The predicted octanol–water partition coefficient (Wildman–Crippen LogP) is 0.103. The van der Waals surface area contributed by atoms with Gasteiger partial charge in [0.05, 0.1) is 13.0 Å². The van der Waals surface area contributed by atoms with Crippen LogP contribution in [0.2, 0.25) is 0 Å². The van der Waals surface area contributed by atoms with Gasteiger partial charge in [0, 0.05) is 12.1 Å². The van der Waals surface area contributed by atoms with E-state index in [1.165, 1.54) is 7.11 Å². The molecular formula is C9H16N2O2S. The molecule has 1 saturated heterocycles. The molecule has 2 fully saturated rings. The Morgan fingerprint density at radius 1 is 1.36 bits per heavy atom. The Bertz CT molecular complexity index is 237. The molecule has 14 heavy (non-hydrogen) atoms. The molecule has 2 N–H and O–H groups in total. The van der Waals surface area contributed by atoms with Crippen LogP contribution < -0.4 is 10.6 Å². The minimum absolute atomic E-state index is 0.0641. The maximum atomic E-state index is 11.3. The van der Waals surface area contributed by atoms with E-state index < -0.39 is 0 Å². The van der Waals surface area contributed by atoms with Gasteiger partial charge >= 0.3 is 5.97 Å². The van der Waals surface area contributed by atoms with Crippen LogP contribution in [0.3, 0.4) is 0 Å². The minimum atomic E-state index is -0.0761. The van der Waals surface area contributed by atoms with Crippen LogP contribution >= 0.6 is 12.6 Å². The van der Waals surface area contributed by atoms with Crippen molar-refractivity contribution in [2.75, 3.05) is 7.11 Å². The van der Waals surface area contributed by atoms with E-state index in [4.69, 9.17) is 4.74 Å². The number of hydrogen-bond acceptors (Lipinski definition) is 5. The number of fused-ring (bicyclic) bond motifs is 1. The fourth-order valence-electron chi connectivity index (χ4n) is 2.39. The number of ether oxygens (including phenoxy) is 1. The lowest BCUT2D eigenvalue weighted by molar-refractivity contribution is -0.146. The first kappa shape index (κ1) is 10.3. The fourth-order valence-corrected chi connectivity index (χ4v) is 2.77. The molecular weight excluding hydrogens is 200 g/mol. The summed E-state index contributed by atoms with van der Waals surface area (Å²) in [6.45, 7) is 0. The van der Waals surface area contributed by atoms with Gasteiger partial charge in [0.15, 0.2) is 0 Å². The molecule has 2 aliphatic rings. The molecule has 4 atom stereocenters. The van der Waals surface area contributed by atoms with Gasteiger partial charge in [-0.2, -0.15) is 0 Å². The van der Waals surface area contributed by atoms with Crippen LogP contribution in [-0.2, 0) is 9.53 Å². The van der Waals surface area contributed by atoms with Crippen molar-refractivity contribution in [1.29, 1.82) is 0 Å². The maximum absolute atomic E-state index is 11.3. The van der Waals surface area contributed by atoms with Gasteiger partial charge in [-0.3, -0.25) is 15.4 Å². The summed E-state index contributed by atoms with van der Waals surface area (Å²) < 4.78 is 4.76. The van der Waals surface area contributed by atoms with Gasteiger partial charge in [-0.15, -0.1) is 12.6 Å². The molecule has 0 spiro atoms. The molecule has 0 amide bonds. The van der Waals surface area contributed by atoms with Crippen molar-refractivity contribution in [1.82, 2.24) is 10.6 Å². The quantitative estimate of drug-likeness (QED) is 0.430. The summed E-state index contributed by atoms with van der Waals surface area (Å²) in [7, 11) is 1.45. The highest BCUT2D eigenvalue weighted by atomic mass is 32.1. The lowest BCUT2D eigenvalue weighted by atomic mass is 9.83. The normalized spacial score (nSPS) is 41.9. The molecule has 80 valence electrons. The van der Waals surface area contributed by atoms with Gasteiger partial charge in [0.1, 0.15) is 5.50 Å². The molecule has 2 rings (SSSR count). The lowest BCUT2D eigenvalue weighted by Crippen LogP contribution is -2.41. The predicted molar refractivity (Wildman–Crippen MR) is 56.0 cm³/mol. The van der Waals surface area contributed by atoms with Crippen LogP contribution in [0, 0.1) is 5.92 Å². The Hall–Kier alpha value is -0.260. The number of methoxy groups -OCH3 is 1. The molecule has 0 radical (unpaired) electrons. The van der Waals surface area contributed by atoms with Crippen molar-refractivity contribution >= 4 is 18.6 Å². The first-order valence-electron chi connectivity index (χ1n) is 4.98. The number of carbonyl (C=O) groups excluding carboxylic acids is 1. The minimum Gasteiger partial charge on any atom is -0.469 e. The second-order valence-electron chi connectivity index (χ2n) is 3.98. The van der Waals surface area contributed by atoms with Crippen molar-refractivity contribution in [3.8, 4) is 0 Å². The molecule has 4 nitrogen and oxygen atoms in total. The summed E-state index contributed by atoms with van der Waals surface area (Å²) in [5.74, 6) is -0.0120. The van der Waals surface area contributed by atoms with Crippen LogP contribution in [0.4, 0.5) is 0 Å². The lowest BCUT2D eigenvalue weighted by Gasteiger charge is -2.29. The Morgan fingerprint density at radius 2 is 2.07 bits per heavy atom. The monoisotopic (exact) mass is 216 g/mol. The maximum Gasteiger partial charge on any atom is 0.308 e. The van der Waals surface area contributed by atoms with Crippen molar-refractivity contribution in [3.63, 3.8) is 0 Å². The summed E-state index contributed by atoms with van der Waals surface area (Å²) in [6, 6.07) is 0.841. The van der Waals surface area contributed by atoms with Crippen LogP contribution in [-0.4, -0.2) is 30.7 Å². The van der Waals surface area contributed by atoms with Crippen LogP contribution in [0.5, 0.6) is 0 Å². The van der Waals surface area contributed by atoms with Crippen molar-refractivity contribution in [3.05, 3.63) is 0 Å². The molecule has 4 unspecified atom stereocenters. The molecule has 1 heterocycles. The molecule has 1 aliphatic carbocycles.